The van der Waals surface area contributed by atoms with Crippen molar-refractivity contribution in [3.05, 3.63) is 34.6 Å². The second-order valence-electron chi connectivity index (χ2n) is 3.15. The smallest absolute Gasteiger partial charge is 0.225 e. The van der Waals surface area contributed by atoms with Crippen LogP contribution in [0.5, 0.6) is 0 Å². The van der Waals surface area contributed by atoms with Crippen LogP contribution in [0.3, 0.4) is 0 Å². The van der Waals surface area contributed by atoms with E-state index in [0.717, 1.165) is 0 Å². The number of nitrogens with zero attached hydrogens (tertiary/aromatic N) is 1. The van der Waals surface area contributed by atoms with Crippen LogP contribution < -0.4 is 5.73 Å². The van der Waals surface area contributed by atoms with Gasteiger partial charge in [0, 0.05) is 11.1 Å². The summed E-state index contributed by atoms with van der Waals surface area (Å²) in [6, 6.07) is 4.43. The third kappa shape index (κ3) is 1.68. The van der Waals surface area contributed by atoms with Gasteiger partial charge in [-0.2, -0.15) is 0 Å². The van der Waals surface area contributed by atoms with E-state index in [0.29, 0.717) is 16.8 Å². The lowest BCUT2D eigenvalue weighted by atomic mass is 10.1. The number of hydrogen-bond donors (Lipinski definition) is 1. The van der Waals surface area contributed by atoms with Gasteiger partial charge in [-0.15, -0.1) is 0 Å². The van der Waals surface area contributed by atoms with Gasteiger partial charge in [0.05, 0.1) is 5.02 Å². The van der Waals surface area contributed by atoms with Gasteiger partial charge < -0.3 is 10.3 Å². The van der Waals surface area contributed by atoms with E-state index in [-0.39, 0.29) is 10.9 Å². The summed E-state index contributed by atoms with van der Waals surface area (Å²) in [5.74, 6) is -0.254. The van der Waals surface area contributed by atoms with Crippen molar-refractivity contribution in [3.63, 3.8) is 0 Å². The van der Waals surface area contributed by atoms with Crippen LogP contribution >= 0.6 is 11.6 Å². The molecule has 0 unspecified atom stereocenters. The number of hydrogen-bond acceptors (Lipinski definition) is 3. The predicted octanol–water partition coefficient (Wildman–Crippen LogP) is 3.02. The summed E-state index contributed by atoms with van der Waals surface area (Å²) in [5.41, 5.74) is 7.31. The van der Waals surface area contributed by atoms with Gasteiger partial charge in [0.2, 0.25) is 5.88 Å². The highest BCUT2D eigenvalue weighted by atomic mass is 35.5. The van der Waals surface area contributed by atoms with Gasteiger partial charge in [0.25, 0.3) is 0 Å². The maximum Gasteiger partial charge on any atom is 0.225 e. The first-order valence-corrected chi connectivity index (χ1v) is 4.64. The highest BCUT2D eigenvalue weighted by Crippen LogP contribution is 2.28. The van der Waals surface area contributed by atoms with Crippen molar-refractivity contribution in [2.75, 3.05) is 5.73 Å². The van der Waals surface area contributed by atoms with Crippen LogP contribution in [-0.4, -0.2) is 5.16 Å². The third-order valence-electron chi connectivity index (χ3n) is 2.15. The molecular weight excluding hydrogens is 219 g/mol. The topological polar surface area (TPSA) is 52.0 Å². The van der Waals surface area contributed by atoms with Gasteiger partial charge in [-0.3, -0.25) is 0 Å². The fraction of sp³-hybridized carbons (Fsp3) is 0.100. The first-order valence-electron chi connectivity index (χ1n) is 4.26. The van der Waals surface area contributed by atoms with Crippen LogP contribution in [0.2, 0.25) is 5.02 Å². The molecular formula is C10H8ClFN2O. The molecule has 0 spiro atoms. The minimum absolute atomic E-state index is 0.0767. The number of benzene rings is 1. The fourth-order valence-electron chi connectivity index (χ4n) is 1.26. The molecule has 2 N–H and O–H groups in total. The molecule has 1 heterocycles. The lowest BCUT2D eigenvalue weighted by Gasteiger charge is -1.99. The summed E-state index contributed by atoms with van der Waals surface area (Å²) in [5, 5.41) is 3.82. The summed E-state index contributed by atoms with van der Waals surface area (Å²) in [6.07, 6.45) is 0. The van der Waals surface area contributed by atoms with E-state index in [9.17, 15) is 4.39 Å². The van der Waals surface area contributed by atoms with Crippen molar-refractivity contribution in [1.82, 2.24) is 5.16 Å². The van der Waals surface area contributed by atoms with E-state index in [4.69, 9.17) is 21.9 Å². The highest BCUT2D eigenvalue weighted by molar-refractivity contribution is 6.30. The summed E-state index contributed by atoms with van der Waals surface area (Å²) in [7, 11) is 0. The molecule has 0 amide bonds. The maximum atomic E-state index is 13.2. The summed E-state index contributed by atoms with van der Waals surface area (Å²) in [6.45, 7) is 1.76. The molecule has 0 aliphatic rings. The first kappa shape index (κ1) is 9.98. The van der Waals surface area contributed by atoms with Crippen LogP contribution in [-0.2, 0) is 0 Å². The largest absolute Gasteiger partial charge is 0.367 e. The standard InChI is InChI=1S/C10H8ClFN2O/c1-5-9(14-15-10(5)13)6-2-3-7(11)8(12)4-6/h2-4H,13H2,1H3. The summed E-state index contributed by atoms with van der Waals surface area (Å²) >= 11 is 5.57. The molecule has 0 bridgehead atoms. The van der Waals surface area contributed by atoms with Gasteiger partial charge in [0.15, 0.2) is 0 Å². The Hall–Kier alpha value is -1.55. The van der Waals surface area contributed by atoms with E-state index in [1.54, 1.807) is 13.0 Å². The molecule has 5 heteroatoms. The molecule has 0 aliphatic heterocycles. The molecule has 0 saturated carbocycles. The molecule has 3 nitrogen and oxygen atoms in total. The summed E-state index contributed by atoms with van der Waals surface area (Å²) in [4.78, 5) is 0. The Kier molecular flexibility index (Phi) is 2.36. The van der Waals surface area contributed by atoms with E-state index in [2.05, 4.69) is 5.16 Å². The number of rotatable bonds is 1. The van der Waals surface area contributed by atoms with Gasteiger partial charge in [-0.1, -0.05) is 22.8 Å². The zero-order valence-electron chi connectivity index (χ0n) is 7.92. The molecule has 0 fully saturated rings. The van der Waals surface area contributed by atoms with Crippen LogP contribution in [0.15, 0.2) is 22.7 Å². The second kappa shape index (κ2) is 3.55. The van der Waals surface area contributed by atoms with E-state index >= 15 is 0 Å². The predicted molar refractivity (Wildman–Crippen MR) is 56.1 cm³/mol. The molecule has 78 valence electrons. The third-order valence-corrected chi connectivity index (χ3v) is 2.46. The maximum absolute atomic E-state index is 13.2. The molecule has 1 aromatic heterocycles. The number of nitrogen functional groups attached to an aromatic ring is 1. The summed E-state index contributed by atoms with van der Waals surface area (Å²) < 4.78 is 18.0. The number of aromatic nitrogens is 1. The molecule has 2 aromatic rings. The van der Waals surface area contributed by atoms with Crippen LogP contribution in [0.4, 0.5) is 10.3 Å². The Balaban J connectivity index is 2.55. The quantitative estimate of drug-likeness (QED) is 0.813. The van der Waals surface area contributed by atoms with Crippen molar-refractivity contribution >= 4 is 17.5 Å². The molecule has 0 saturated heterocycles. The Morgan fingerprint density at radius 2 is 2.20 bits per heavy atom. The molecule has 0 radical (unpaired) electrons. The lowest BCUT2D eigenvalue weighted by Crippen LogP contribution is -1.86. The Bertz CT molecular complexity index is 510. The van der Waals surface area contributed by atoms with E-state index in [1.807, 2.05) is 0 Å². The van der Waals surface area contributed by atoms with Crippen LogP contribution in [0.25, 0.3) is 11.3 Å². The average Bonchev–Trinajstić information content (AvgIpc) is 2.53. The minimum Gasteiger partial charge on any atom is -0.367 e. The van der Waals surface area contributed by atoms with Crippen molar-refractivity contribution in [2.24, 2.45) is 0 Å². The zero-order valence-corrected chi connectivity index (χ0v) is 8.68. The second-order valence-corrected chi connectivity index (χ2v) is 3.56. The van der Waals surface area contributed by atoms with Crippen molar-refractivity contribution in [3.8, 4) is 11.3 Å². The molecule has 15 heavy (non-hydrogen) atoms. The van der Waals surface area contributed by atoms with Crippen molar-refractivity contribution < 1.29 is 8.91 Å². The molecule has 0 aliphatic carbocycles. The monoisotopic (exact) mass is 226 g/mol. The van der Waals surface area contributed by atoms with E-state index in [1.165, 1.54) is 12.1 Å². The number of anilines is 1. The number of nitrogens with two attached hydrogens (primary N) is 1. The number of halogens is 2. The van der Waals surface area contributed by atoms with Crippen LogP contribution in [0, 0.1) is 12.7 Å². The molecule has 0 atom stereocenters. The molecule has 1 aromatic carbocycles. The Labute approximate surface area is 90.6 Å². The van der Waals surface area contributed by atoms with Gasteiger partial charge in [-0.25, -0.2) is 4.39 Å². The molecule has 2 rings (SSSR count). The lowest BCUT2D eigenvalue weighted by molar-refractivity contribution is 0.439. The Morgan fingerprint density at radius 3 is 2.73 bits per heavy atom. The van der Waals surface area contributed by atoms with Gasteiger partial charge in [-0.05, 0) is 19.1 Å². The van der Waals surface area contributed by atoms with Crippen molar-refractivity contribution in [2.45, 2.75) is 6.92 Å². The van der Waals surface area contributed by atoms with E-state index < -0.39 is 5.82 Å². The normalized spacial score (nSPS) is 10.6. The van der Waals surface area contributed by atoms with Gasteiger partial charge in [0.1, 0.15) is 11.5 Å². The minimum atomic E-state index is -0.491. The first-order chi connectivity index (χ1) is 7.09. The zero-order chi connectivity index (χ0) is 11.0. The fourth-order valence-corrected chi connectivity index (χ4v) is 1.38. The van der Waals surface area contributed by atoms with Crippen LogP contribution in [0.1, 0.15) is 5.56 Å². The average molecular weight is 227 g/mol. The SMILES string of the molecule is Cc1c(-c2ccc(Cl)c(F)c2)noc1N. The Morgan fingerprint density at radius 1 is 1.47 bits per heavy atom. The van der Waals surface area contributed by atoms with Gasteiger partial charge >= 0.3 is 0 Å². The van der Waals surface area contributed by atoms with Crippen molar-refractivity contribution in [1.29, 1.82) is 0 Å². The highest BCUT2D eigenvalue weighted by Gasteiger charge is 2.12.